The van der Waals surface area contributed by atoms with Crippen LogP contribution in [0.3, 0.4) is 0 Å². The molecule has 0 bridgehead atoms. The lowest BCUT2D eigenvalue weighted by Gasteiger charge is -2.10. The zero-order valence-corrected chi connectivity index (χ0v) is 9.90. The summed E-state index contributed by atoms with van der Waals surface area (Å²) >= 11 is 0. The van der Waals surface area contributed by atoms with Crippen molar-refractivity contribution in [3.8, 4) is 0 Å². The first kappa shape index (κ1) is 11.8. The number of nitrogens with zero attached hydrogens (tertiary/aromatic N) is 1. The van der Waals surface area contributed by atoms with E-state index in [-0.39, 0.29) is 17.4 Å². The molecule has 0 saturated heterocycles. The third kappa shape index (κ3) is 2.22. The minimum Gasteiger partial charge on any atom is -0.328 e. The maximum Gasteiger partial charge on any atom is 0.254 e. The molecular weight excluding hydrogens is 219 g/mol. The number of hydrogen-bond donors (Lipinski definition) is 1. The van der Waals surface area contributed by atoms with E-state index in [1.54, 1.807) is 19.2 Å². The highest BCUT2D eigenvalue weighted by molar-refractivity contribution is 5.79. The fourth-order valence-electron chi connectivity index (χ4n) is 2.00. The minimum absolute atomic E-state index is 0.0689. The Kier molecular flexibility index (Phi) is 2.98. The van der Waals surface area contributed by atoms with E-state index >= 15 is 0 Å². The predicted molar refractivity (Wildman–Crippen MR) is 66.5 cm³/mol. The van der Waals surface area contributed by atoms with Gasteiger partial charge in [0, 0.05) is 18.7 Å². The molecule has 4 heteroatoms. The molecule has 1 unspecified atom stereocenters. The summed E-state index contributed by atoms with van der Waals surface area (Å²) in [6.45, 7) is 1.86. The molecule has 1 aromatic heterocycles. The maximum atomic E-state index is 13.1. The number of fused-ring (bicyclic) bond motifs is 1. The summed E-state index contributed by atoms with van der Waals surface area (Å²) in [4.78, 5) is 12.0. The summed E-state index contributed by atoms with van der Waals surface area (Å²) < 4.78 is 14.6. The lowest BCUT2D eigenvalue weighted by atomic mass is 10.1. The molecule has 0 amide bonds. The van der Waals surface area contributed by atoms with E-state index in [1.807, 2.05) is 6.92 Å². The summed E-state index contributed by atoms with van der Waals surface area (Å²) in [5.74, 6) is -0.340. The molecule has 1 aromatic carbocycles. The Morgan fingerprint density at radius 3 is 2.76 bits per heavy atom. The van der Waals surface area contributed by atoms with Crippen LogP contribution in [0, 0.1) is 5.82 Å². The van der Waals surface area contributed by atoms with Crippen molar-refractivity contribution in [1.82, 2.24) is 4.57 Å². The molecule has 0 fully saturated rings. The molecule has 2 rings (SSSR count). The van der Waals surface area contributed by atoms with Gasteiger partial charge in [0.25, 0.3) is 5.56 Å². The van der Waals surface area contributed by atoms with Gasteiger partial charge in [0.05, 0.1) is 5.52 Å². The molecule has 90 valence electrons. The summed E-state index contributed by atoms with van der Waals surface area (Å²) in [6, 6.07) is 6.16. The first-order valence-corrected chi connectivity index (χ1v) is 5.53. The Hall–Kier alpha value is -1.68. The monoisotopic (exact) mass is 234 g/mol. The van der Waals surface area contributed by atoms with Crippen LogP contribution in [0.2, 0.25) is 0 Å². The van der Waals surface area contributed by atoms with Gasteiger partial charge >= 0.3 is 0 Å². The Morgan fingerprint density at radius 2 is 2.12 bits per heavy atom. The zero-order valence-electron chi connectivity index (χ0n) is 9.90. The standard InChI is InChI=1S/C13H15FN2O/c1-8(15)5-10-6-9-3-4-11(14)7-12(9)16(2)13(10)17/h3-4,6-8H,5,15H2,1-2H3. The van der Waals surface area contributed by atoms with Gasteiger partial charge in [-0.05, 0) is 43.0 Å². The van der Waals surface area contributed by atoms with Crippen molar-refractivity contribution in [2.24, 2.45) is 12.8 Å². The van der Waals surface area contributed by atoms with Gasteiger partial charge in [-0.3, -0.25) is 4.79 Å². The minimum atomic E-state index is -0.340. The molecule has 0 aliphatic heterocycles. The van der Waals surface area contributed by atoms with Crippen molar-refractivity contribution in [1.29, 1.82) is 0 Å². The molecule has 0 aliphatic carbocycles. The van der Waals surface area contributed by atoms with Gasteiger partial charge in [0.15, 0.2) is 0 Å². The van der Waals surface area contributed by atoms with E-state index in [0.717, 1.165) is 5.39 Å². The van der Waals surface area contributed by atoms with Crippen LogP contribution < -0.4 is 11.3 Å². The number of pyridine rings is 1. The topological polar surface area (TPSA) is 48.0 Å². The van der Waals surface area contributed by atoms with Crippen LogP contribution in [0.4, 0.5) is 4.39 Å². The van der Waals surface area contributed by atoms with Gasteiger partial charge in [-0.15, -0.1) is 0 Å². The van der Waals surface area contributed by atoms with Crippen LogP contribution in [0.1, 0.15) is 12.5 Å². The van der Waals surface area contributed by atoms with Crippen LogP contribution in [0.25, 0.3) is 10.9 Å². The zero-order chi connectivity index (χ0) is 12.6. The fraction of sp³-hybridized carbons (Fsp3) is 0.308. The molecule has 0 saturated carbocycles. The van der Waals surface area contributed by atoms with E-state index in [9.17, 15) is 9.18 Å². The average molecular weight is 234 g/mol. The highest BCUT2D eigenvalue weighted by atomic mass is 19.1. The molecule has 17 heavy (non-hydrogen) atoms. The van der Waals surface area contributed by atoms with Crippen LogP contribution >= 0.6 is 0 Å². The number of hydrogen-bond acceptors (Lipinski definition) is 2. The number of aromatic nitrogens is 1. The molecule has 0 spiro atoms. The normalized spacial score (nSPS) is 12.9. The Bertz CT molecular complexity index is 617. The van der Waals surface area contributed by atoms with E-state index < -0.39 is 0 Å². The second kappa shape index (κ2) is 4.30. The molecule has 0 aliphatic rings. The molecule has 1 heterocycles. The maximum absolute atomic E-state index is 13.1. The van der Waals surface area contributed by atoms with Crippen molar-refractivity contribution >= 4 is 10.9 Å². The second-order valence-corrected chi connectivity index (χ2v) is 4.42. The van der Waals surface area contributed by atoms with E-state index in [4.69, 9.17) is 5.73 Å². The Balaban J connectivity index is 2.71. The predicted octanol–water partition coefficient (Wildman–Crippen LogP) is 1.57. The summed E-state index contributed by atoms with van der Waals surface area (Å²) in [5.41, 5.74) is 6.86. The fourth-order valence-corrected chi connectivity index (χ4v) is 2.00. The number of nitrogens with two attached hydrogens (primary N) is 1. The summed E-state index contributed by atoms with van der Waals surface area (Å²) in [6.07, 6.45) is 0.528. The highest BCUT2D eigenvalue weighted by Crippen LogP contribution is 2.15. The lowest BCUT2D eigenvalue weighted by Crippen LogP contribution is -2.27. The molecule has 0 radical (unpaired) electrons. The smallest absolute Gasteiger partial charge is 0.254 e. The van der Waals surface area contributed by atoms with Gasteiger partial charge in [0.2, 0.25) is 0 Å². The van der Waals surface area contributed by atoms with Gasteiger partial charge in [-0.25, -0.2) is 4.39 Å². The van der Waals surface area contributed by atoms with Crippen molar-refractivity contribution in [2.75, 3.05) is 0 Å². The number of benzene rings is 1. The quantitative estimate of drug-likeness (QED) is 0.857. The highest BCUT2D eigenvalue weighted by Gasteiger charge is 2.08. The average Bonchev–Trinajstić information content (AvgIpc) is 2.26. The van der Waals surface area contributed by atoms with Crippen LogP contribution in [0.5, 0.6) is 0 Å². The molecule has 3 nitrogen and oxygen atoms in total. The third-order valence-corrected chi connectivity index (χ3v) is 2.80. The van der Waals surface area contributed by atoms with Crippen molar-refractivity contribution in [3.05, 3.63) is 46.0 Å². The largest absolute Gasteiger partial charge is 0.328 e. The molecule has 2 aromatic rings. The van der Waals surface area contributed by atoms with Gasteiger partial charge < -0.3 is 10.3 Å². The van der Waals surface area contributed by atoms with Crippen LogP contribution in [-0.2, 0) is 13.5 Å². The second-order valence-electron chi connectivity index (χ2n) is 4.42. The van der Waals surface area contributed by atoms with E-state index in [1.165, 1.54) is 16.7 Å². The first-order valence-electron chi connectivity index (χ1n) is 5.53. The van der Waals surface area contributed by atoms with Crippen molar-refractivity contribution in [3.63, 3.8) is 0 Å². The van der Waals surface area contributed by atoms with E-state index in [0.29, 0.717) is 17.5 Å². The van der Waals surface area contributed by atoms with Crippen LogP contribution in [-0.4, -0.2) is 10.6 Å². The van der Waals surface area contributed by atoms with Crippen LogP contribution in [0.15, 0.2) is 29.1 Å². The molecule has 2 N–H and O–H groups in total. The molecular formula is C13H15FN2O. The SMILES string of the molecule is CC(N)Cc1cc2ccc(F)cc2n(C)c1=O. The third-order valence-electron chi connectivity index (χ3n) is 2.80. The summed E-state index contributed by atoms with van der Waals surface area (Å²) in [7, 11) is 1.65. The lowest BCUT2D eigenvalue weighted by molar-refractivity contribution is 0.628. The number of halogens is 1. The number of rotatable bonds is 2. The van der Waals surface area contributed by atoms with Gasteiger partial charge in [-0.1, -0.05) is 0 Å². The van der Waals surface area contributed by atoms with E-state index in [2.05, 4.69) is 0 Å². The van der Waals surface area contributed by atoms with Gasteiger partial charge in [-0.2, -0.15) is 0 Å². The summed E-state index contributed by atoms with van der Waals surface area (Å²) in [5, 5.41) is 0.851. The first-order chi connectivity index (χ1) is 7.99. The molecule has 1 atom stereocenters. The van der Waals surface area contributed by atoms with Crippen molar-refractivity contribution in [2.45, 2.75) is 19.4 Å². The Labute approximate surface area is 98.7 Å². The van der Waals surface area contributed by atoms with Gasteiger partial charge in [0.1, 0.15) is 5.82 Å². The number of aryl methyl sites for hydroxylation is 1. The van der Waals surface area contributed by atoms with Crippen molar-refractivity contribution < 1.29 is 4.39 Å². The Morgan fingerprint density at radius 1 is 1.41 bits per heavy atom.